The molecule has 3 aromatic rings. The molecule has 2 nitrogen and oxygen atoms in total. The maximum Gasteiger partial charge on any atom is 0.141 e. The number of fused-ring (bicyclic) bond motifs is 1. The summed E-state index contributed by atoms with van der Waals surface area (Å²) >= 11 is 0. The van der Waals surface area contributed by atoms with Gasteiger partial charge in [-0.05, 0) is 19.1 Å². The molecule has 2 heteroatoms. The average Bonchev–Trinajstić information content (AvgIpc) is 2.78. The highest BCUT2D eigenvalue weighted by atomic mass is 15.1. The van der Waals surface area contributed by atoms with Gasteiger partial charge in [0.25, 0.3) is 0 Å². The summed E-state index contributed by atoms with van der Waals surface area (Å²) in [6, 6.07) is 18.5. The van der Waals surface area contributed by atoms with Gasteiger partial charge in [-0.25, -0.2) is 4.98 Å². The normalized spacial score (nSPS) is 10.8. The van der Waals surface area contributed by atoms with Gasteiger partial charge in [-0.3, -0.25) is 0 Å². The van der Waals surface area contributed by atoms with Gasteiger partial charge in [-0.1, -0.05) is 54.6 Å². The Hall–Kier alpha value is -2.35. The number of aromatic nitrogens is 2. The second-order valence-electron chi connectivity index (χ2n) is 4.83. The largest absolute Gasteiger partial charge is 0.320 e. The summed E-state index contributed by atoms with van der Waals surface area (Å²) in [6.07, 6.45) is 0. The van der Waals surface area contributed by atoms with Crippen LogP contribution in [-0.2, 0) is 6.54 Å². The number of para-hydroxylation sites is 2. The van der Waals surface area contributed by atoms with Crippen molar-refractivity contribution in [3.05, 3.63) is 66.7 Å². The summed E-state index contributed by atoms with van der Waals surface area (Å²) in [5, 5.41) is 0. The summed E-state index contributed by atoms with van der Waals surface area (Å²) in [5.41, 5.74) is 4.45. The third-order valence-corrected chi connectivity index (χ3v) is 3.11. The summed E-state index contributed by atoms with van der Waals surface area (Å²) < 4.78 is 2.23. The van der Waals surface area contributed by atoms with E-state index in [4.69, 9.17) is 4.98 Å². The van der Waals surface area contributed by atoms with Crippen LogP contribution in [0.15, 0.2) is 66.7 Å². The minimum Gasteiger partial charge on any atom is -0.320 e. The second-order valence-corrected chi connectivity index (χ2v) is 4.83. The number of hydrogen-bond donors (Lipinski definition) is 0. The number of allylic oxidation sites excluding steroid dienone is 1. The molecule has 0 atom stereocenters. The molecule has 0 fully saturated rings. The van der Waals surface area contributed by atoms with Crippen molar-refractivity contribution in [3.63, 3.8) is 0 Å². The Kier molecular flexibility index (Phi) is 2.92. The molecule has 3 rings (SSSR count). The molecule has 0 bridgehead atoms. The van der Waals surface area contributed by atoms with E-state index < -0.39 is 0 Å². The second kappa shape index (κ2) is 4.73. The van der Waals surface area contributed by atoms with Gasteiger partial charge in [0.05, 0.1) is 11.0 Å². The summed E-state index contributed by atoms with van der Waals surface area (Å²) in [6.45, 7) is 6.86. The predicted octanol–water partition coefficient (Wildman–Crippen LogP) is 4.28. The molecule has 0 aliphatic heterocycles. The lowest BCUT2D eigenvalue weighted by atomic mass is 10.2. The number of rotatable bonds is 3. The van der Waals surface area contributed by atoms with Gasteiger partial charge in [0, 0.05) is 12.1 Å². The molecule has 0 aliphatic carbocycles. The molecule has 2 aromatic carbocycles. The van der Waals surface area contributed by atoms with Crippen LogP contribution >= 0.6 is 0 Å². The maximum absolute atomic E-state index is 4.76. The first-order valence-electron chi connectivity index (χ1n) is 6.41. The minimum atomic E-state index is 0.796. The van der Waals surface area contributed by atoms with Gasteiger partial charge in [0.15, 0.2) is 0 Å². The summed E-state index contributed by atoms with van der Waals surface area (Å²) in [7, 11) is 0. The van der Waals surface area contributed by atoms with E-state index >= 15 is 0 Å². The first-order valence-corrected chi connectivity index (χ1v) is 6.41. The lowest BCUT2D eigenvalue weighted by Crippen LogP contribution is -2.01. The molecule has 1 aromatic heterocycles. The van der Waals surface area contributed by atoms with Crippen molar-refractivity contribution in [3.8, 4) is 11.4 Å². The van der Waals surface area contributed by atoms with Crippen LogP contribution < -0.4 is 0 Å². The van der Waals surface area contributed by atoms with E-state index in [1.807, 2.05) is 37.3 Å². The SMILES string of the molecule is C=C(C)Cn1c(-c2ccccc2)nc2ccccc21. The lowest BCUT2D eigenvalue weighted by Gasteiger charge is -2.08. The maximum atomic E-state index is 4.76. The van der Waals surface area contributed by atoms with Crippen LogP contribution in [-0.4, -0.2) is 9.55 Å². The third-order valence-electron chi connectivity index (χ3n) is 3.11. The highest BCUT2D eigenvalue weighted by Crippen LogP contribution is 2.25. The van der Waals surface area contributed by atoms with Crippen LogP contribution in [0.1, 0.15) is 6.92 Å². The van der Waals surface area contributed by atoms with Crippen LogP contribution in [0.25, 0.3) is 22.4 Å². The van der Waals surface area contributed by atoms with Crippen molar-refractivity contribution in [1.29, 1.82) is 0 Å². The van der Waals surface area contributed by atoms with Gasteiger partial charge in [0.2, 0.25) is 0 Å². The van der Waals surface area contributed by atoms with Crippen molar-refractivity contribution in [2.75, 3.05) is 0 Å². The van der Waals surface area contributed by atoms with Crippen molar-refractivity contribution in [1.82, 2.24) is 9.55 Å². The fraction of sp³-hybridized carbons (Fsp3) is 0.118. The Morgan fingerprint density at radius 2 is 1.74 bits per heavy atom. The van der Waals surface area contributed by atoms with Gasteiger partial charge in [-0.2, -0.15) is 0 Å². The van der Waals surface area contributed by atoms with Crippen LogP contribution in [0.2, 0.25) is 0 Å². The molecule has 0 saturated carbocycles. The Morgan fingerprint density at radius 3 is 2.47 bits per heavy atom. The minimum absolute atomic E-state index is 0.796. The Bertz CT molecular complexity index is 723. The molecular weight excluding hydrogens is 232 g/mol. The number of imidazole rings is 1. The molecule has 1 heterocycles. The van der Waals surface area contributed by atoms with Crippen LogP contribution in [0, 0.1) is 0 Å². The van der Waals surface area contributed by atoms with E-state index in [0.29, 0.717) is 0 Å². The van der Waals surface area contributed by atoms with Gasteiger partial charge in [-0.15, -0.1) is 0 Å². The summed E-state index contributed by atoms with van der Waals surface area (Å²) in [5.74, 6) is 1.00. The monoisotopic (exact) mass is 248 g/mol. The van der Waals surface area contributed by atoms with E-state index in [-0.39, 0.29) is 0 Å². The molecule has 0 spiro atoms. The molecule has 0 aliphatic rings. The Morgan fingerprint density at radius 1 is 1.05 bits per heavy atom. The van der Waals surface area contributed by atoms with E-state index in [2.05, 4.69) is 35.4 Å². The van der Waals surface area contributed by atoms with Crippen LogP contribution in [0.3, 0.4) is 0 Å². The zero-order chi connectivity index (χ0) is 13.2. The fourth-order valence-electron chi connectivity index (χ4n) is 2.31. The van der Waals surface area contributed by atoms with E-state index in [0.717, 1.165) is 34.5 Å². The quantitative estimate of drug-likeness (QED) is 0.633. The zero-order valence-corrected chi connectivity index (χ0v) is 11.0. The van der Waals surface area contributed by atoms with E-state index in [9.17, 15) is 0 Å². The molecule has 0 radical (unpaired) electrons. The van der Waals surface area contributed by atoms with Crippen LogP contribution in [0.5, 0.6) is 0 Å². The first kappa shape index (κ1) is 11.7. The molecule has 0 N–H and O–H groups in total. The number of hydrogen-bond acceptors (Lipinski definition) is 1. The highest BCUT2D eigenvalue weighted by molar-refractivity contribution is 5.80. The molecular formula is C17H16N2. The molecule has 19 heavy (non-hydrogen) atoms. The third kappa shape index (κ3) is 2.17. The molecule has 94 valence electrons. The lowest BCUT2D eigenvalue weighted by molar-refractivity contribution is 0.820. The van der Waals surface area contributed by atoms with Crippen molar-refractivity contribution in [2.45, 2.75) is 13.5 Å². The summed E-state index contributed by atoms with van der Waals surface area (Å²) in [4.78, 5) is 4.76. The van der Waals surface area contributed by atoms with Gasteiger partial charge >= 0.3 is 0 Å². The highest BCUT2D eigenvalue weighted by Gasteiger charge is 2.11. The standard InChI is InChI=1S/C17H16N2/c1-13(2)12-19-16-11-7-6-10-15(16)18-17(19)14-8-4-3-5-9-14/h3-11H,1,12H2,2H3. The topological polar surface area (TPSA) is 17.8 Å². The van der Waals surface area contributed by atoms with Crippen molar-refractivity contribution >= 4 is 11.0 Å². The molecule has 0 unspecified atom stereocenters. The Labute approximate surface area is 113 Å². The number of benzene rings is 2. The fourth-order valence-corrected chi connectivity index (χ4v) is 2.31. The molecule has 0 saturated heterocycles. The smallest absolute Gasteiger partial charge is 0.141 e. The van der Waals surface area contributed by atoms with Crippen molar-refractivity contribution < 1.29 is 0 Å². The zero-order valence-electron chi connectivity index (χ0n) is 11.0. The van der Waals surface area contributed by atoms with E-state index in [1.165, 1.54) is 0 Å². The van der Waals surface area contributed by atoms with E-state index in [1.54, 1.807) is 0 Å². The number of nitrogens with zero attached hydrogens (tertiary/aromatic N) is 2. The predicted molar refractivity (Wildman–Crippen MR) is 80.0 cm³/mol. The Balaban J connectivity index is 2.26. The average molecular weight is 248 g/mol. The van der Waals surface area contributed by atoms with Crippen molar-refractivity contribution in [2.24, 2.45) is 0 Å². The molecule has 0 amide bonds. The van der Waals surface area contributed by atoms with Gasteiger partial charge < -0.3 is 4.57 Å². The first-order chi connectivity index (χ1) is 9.25. The van der Waals surface area contributed by atoms with Crippen LogP contribution in [0.4, 0.5) is 0 Å². The van der Waals surface area contributed by atoms with Gasteiger partial charge in [0.1, 0.15) is 5.82 Å².